The van der Waals surface area contributed by atoms with Crippen LogP contribution >= 0.6 is 11.6 Å². The number of nitrogens with zero attached hydrogens (tertiary/aromatic N) is 1. The molecule has 2 aromatic rings. The summed E-state index contributed by atoms with van der Waals surface area (Å²) in [5, 5.41) is 11.1. The van der Waals surface area contributed by atoms with Gasteiger partial charge in [-0.2, -0.15) is 0 Å². The molecule has 1 saturated carbocycles. The van der Waals surface area contributed by atoms with Gasteiger partial charge in [-0.25, -0.2) is 0 Å². The van der Waals surface area contributed by atoms with Crippen LogP contribution in [0.25, 0.3) is 0 Å². The fourth-order valence-electron chi connectivity index (χ4n) is 4.44. The molecule has 3 heteroatoms. The minimum Gasteiger partial charge on any atom is -0.393 e. The third-order valence-electron chi connectivity index (χ3n) is 5.63. The van der Waals surface area contributed by atoms with Crippen LogP contribution in [0.5, 0.6) is 0 Å². The summed E-state index contributed by atoms with van der Waals surface area (Å²) in [7, 11) is 4.25. The maximum atomic E-state index is 10.3. The summed E-state index contributed by atoms with van der Waals surface area (Å²) in [6, 6.07) is 19.1. The summed E-state index contributed by atoms with van der Waals surface area (Å²) < 4.78 is 0. The molecular weight excluding hydrogens is 330 g/mol. The van der Waals surface area contributed by atoms with Gasteiger partial charge in [-0.15, -0.1) is 0 Å². The Morgan fingerprint density at radius 3 is 2.40 bits per heavy atom. The molecule has 2 nitrogen and oxygen atoms in total. The van der Waals surface area contributed by atoms with E-state index in [4.69, 9.17) is 11.6 Å². The lowest BCUT2D eigenvalue weighted by Gasteiger charge is -2.47. The van der Waals surface area contributed by atoms with Gasteiger partial charge in [0.2, 0.25) is 0 Å². The average Bonchev–Trinajstić information content (AvgIpc) is 2.60. The molecule has 0 saturated heterocycles. The molecule has 134 valence electrons. The molecule has 3 unspecified atom stereocenters. The second-order valence-electron chi connectivity index (χ2n) is 7.71. The Labute approximate surface area is 156 Å². The smallest absolute Gasteiger partial charge is 0.0544 e. The highest BCUT2D eigenvalue weighted by Gasteiger charge is 2.44. The highest BCUT2D eigenvalue weighted by atomic mass is 35.5. The third kappa shape index (κ3) is 4.25. The van der Waals surface area contributed by atoms with Gasteiger partial charge >= 0.3 is 0 Å². The van der Waals surface area contributed by atoms with Gasteiger partial charge in [0.05, 0.1) is 6.10 Å². The van der Waals surface area contributed by atoms with Crippen molar-refractivity contribution < 1.29 is 5.11 Å². The predicted octanol–water partition coefficient (Wildman–Crippen LogP) is 4.54. The van der Waals surface area contributed by atoms with Gasteiger partial charge in [-0.1, -0.05) is 54.1 Å². The Bertz CT molecular complexity index is 668. The van der Waals surface area contributed by atoms with Crippen molar-refractivity contribution in [2.24, 2.45) is 5.92 Å². The molecule has 0 bridgehead atoms. The van der Waals surface area contributed by atoms with Crippen LogP contribution in [0.4, 0.5) is 0 Å². The predicted molar refractivity (Wildman–Crippen MR) is 105 cm³/mol. The van der Waals surface area contributed by atoms with Crippen LogP contribution in [-0.2, 0) is 11.8 Å². The van der Waals surface area contributed by atoms with Crippen LogP contribution in [0.15, 0.2) is 54.6 Å². The van der Waals surface area contributed by atoms with E-state index < -0.39 is 0 Å². The molecular formula is C22H28ClNO. The topological polar surface area (TPSA) is 23.5 Å². The zero-order valence-corrected chi connectivity index (χ0v) is 15.9. The molecule has 0 spiro atoms. The molecule has 0 aromatic heterocycles. The van der Waals surface area contributed by atoms with E-state index in [1.807, 2.05) is 12.1 Å². The van der Waals surface area contributed by atoms with Gasteiger partial charge in [-0.05, 0) is 69.0 Å². The van der Waals surface area contributed by atoms with Gasteiger partial charge in [0.25, 0.3) is 0 Å². The molecule has 0 radical (unpaired) electrons. The molecule has 1 aliphatic carbocycles. The molecule has 3 rings (SSSR count). The fraction of sp³-hybridized carbons (Fsp3) is 0.455. The lowest BCUT2D eigenvalue weighted by Crippen LogP contribution is -2.47. The SMILES string of the molecule is CN(C)CC1CC(O)CCC1(Cc1ccc(Cl)cc1)c1ccccc1. The summed E-state index contributed by atoms with van der Waals surface area (Å²) in [5.41, 5.74) is 2.76. The highest BCUT2D eigenvalue weighted by Crippen LogP contribution is 2.46. The molecule has 2 aromatic carbocycles. The molecule has 1 fully saturated rings. The number of rotatable bonds is 5. The van der Waals surface area contributed by atoms with Gasteiger partial charge < -0.3 is 10.0 Å². The first-order valence-electron chi connectivity index (χ1n) is 9.12. The molecule has 0 aliphatic heterocycles. The van der Waals surface area contributed by atoms with Crippen molar-refractivity contribution in [1.82, 2.24) is 4.90 Å². The summed E-state index contributed by atoms with van der Waals surface area (Å²) >= 11 is 6.08. The number of aliphatic hydroxyl groups is 1. The lowest BCUT2D eigenvalue weighted by atomic mass is 9.59. The van der Waals surface area contributed by atoms with E-state index in [2.05, 4.69) is 61.5 Å². The van der Waals surface area contributed by atoms with Crippen molar-refractivity contribution in [3.8, 4) is 0 Å². The first kappa shape index (κ1) is 18.4. The Morgan fingerprint density at radius 1 is 1.08 bits per heavy atom. The molecule has 1 N–H and O–H groups in total. The number of benzene rings is 2. The summed E-state index contributed by atoms with van der Waals surface area (Å²) in [6.45, 7) is 0.986. The van der Waals surface area contributed by atoms with Crippen molar-refractivity contribution >= 4 is 11.6 Å². The minimum absolute atomic E-state index is 0.0542. The van der Waals surface area contributed by atoms with E-state index in [1.165, 1.54) is 11.1 Å². The first-order valence-corrected chi connectivity index (χ1v) is 9.50. The van der Waals surface area contributed by atoms with Crippen molar-refractivity contribution in [2.45, 2.75) is 37.2 Å². The van der Waals surface area contributed by atoms with E-state index in [0.717, 1.165) is 37.3 Å². The van der Waals surface area contributed by atoms with Gasteiger partial charge in [0, 0.05) is 17.0 Å². The maximum absolute atomic E-state index is 10.3. The zero-order valence-electron chi connectivity index (χ0n) is 15.2. The largest absolute Gasteiger partial charge is 0.393 e. The number of hydrogen-bond acceptors (Lipinski definition) is 2. The van der Waals surface area contributed by atoms with Crippen molar-refractivity contribution in [3.63, 3.8) is 0 Å². The normalized spacial score (nSPS) is 26.8. The first-order chi connectivity index (χ1) is 12.0. The Kier molecular flexibility index (Phi) is 5.83. The monoisotopic (exact) mass is 357 g/mol. The lowest BCUT2D eigenvalue weighted by molar-refractivity contribution is 0.0381. The zero-order chi connectivity index (χ0) is 17.9. The van der Waals surface area contributed by atoms with E-state index in [1.54, 1.807) is 0 Å². The van der Waals surface area contributed by atoms with Crippen molar-refractivity contribution in [2.75, 3.05) is 20.6 Å². The number of halogens is 1. The van der Waals surface area contributed by atoms with Gasteiger partial charge in [0.1, 0.15) is 0 Å². The van der Waals surface area contributed by atoms with E-state index >= 15 is 0 Å². The fourth-order valence-corrected chi connectivity index (χ4v) is 4.57. The molecule has 0 heterocycles. The van der Waals surface area contributed by atoms with Crippen LogP contribution < -0.4 is 0 Å². The number of aliphatic hydroxyl groups excluding tert-OH is 1. The van der Waals surface area contributed by atoms with Crippen molar-refractivity contribution in [1.29, 1.82) is 0 Å². The quantitative estimate of drug-likeness (QED) is 0.849. The molecule has 1 aliphatic rings. The molecule has 0 amide bonds. The van der Waals surface area contributed by atoms with Crippen LogP contribution in [0, 0.1) is 5.92 Å². The van der Waals surface area contributed by atoms with E-state index in [0.29, 0.717) is 5.92 Å². The van der Waals surface area contributed by atoms with Gasteiger partial charge in [0.15, 0.2) is 0 Å². The standard InChI is InChI=1S/C22H28ClNO/c1-24(2)16-19-14-21(25)12-13-22(19,18-6-4-3-5-7-18)15-17-8-10-20(23)11-9-17/h3-11,19,21,25H,12-16H2,1-2H3. The summed E-state index contributed by atoms with van der Waals surface area (Å²) in [6.07, 6.45) is 3.54. The maximum Gasteiger partial charge on any atom is 0.0544 e. The minimum atomic E-state index is -0.188. The van der Waals surface area contributed by atoms with Crippen LogP contribution in [-0.4, -0.2) is 36.8 Å². The second-order valence-corrected chi connectivity index (χ2v) is 8.15. The third-order valence-corrected chi connectivity index (χ3v) is 5.88. The van der Waals surface area contributed by atoms with Gasteiger partial charge in [-0.3, -0.25) is 0 Å². The summed E-state index contributed by atoms with van der Waals surface area (Å²) in [5.74, 6) is 0.421. The van der Waals surface area contributed by atoms with Crippen LogP contribution in [0.1, 0.15) is 30.4 Å². The average molecular weight is 358 g/mol. The number of hydrogen-bond donors (Lipinski definition) is 1. The van der Waals surface area contributed by atoms with Crippen LogP contribution in [0.3, 0.4) is 0 Å². The Balaban J connectivity index is 2.02. The highest BCUT2D eigenvalue weighted by molar-refractivity contribution is 6.30. The van der Waals surface area contributed by atoms with E-state index in [9.17, 15) is 5.11 Å². The summed E-state index contributed by atoms with van der Waals surface area (Å²) in [4.78, 5) is 2.25. The van der Waals surface area contributed by atoms with Crippen LogP contribution in [0.2, 0.25) is 5.02 Å². The Morgan fingerprint density at radius 2 is 1.76 bits per heavy atom. The van der Waals surface area contributed by atoms with E-state index in [-0.39, 0.29) is 11.5 Å². The second kappa shape index (κ2) is 7.90. The van der Waals surface area contributed by atoms with Crippen molar-refractivity contribution in [3.05, 3.63) is 70.7 Å². The molecule has 25 heavy (non-hydrogen) atoms. The molecule has 3 atom stereocenters. The Hall–Kier alpha value is -1.35.